The van der Waals surface area contributed by atoms with Crippen molar-refractivity contribution < 1.29 is 13.2 Å². The number of rotatable bonds is 7. The molecule has 0 aliphatic carbocycles. The highest BCUT2D eigenvalue weighted by Gasteiger charge is 2.06. The number of hydrazone groups is 1. The summed E-state index contributed by atoms with van der Waals surface area (Å²) in [5.41, 5.74) is 6.03. The van der Waals surface area contributed by atoms with Gasteiger partial charge in [-0.15, -0.1) is 11.3 Å². The Kier molecular flexibility index (Phi) is 5.72. The van der Waals surface area contributed by atoms with Gasteiger partial charge in [-0.3, -0.25) is 10.1 Å². The molecule has 2 aromatic carbocycles. The molecule has 0 aliphatic heterocycles. The minimum atomic E-state index is -3.28. The second kappa shape index (κ2) is 8.19. The minimum absolute atomic E-state index is 0.513. The van der Waals surface area contributed by atoms with Gasteiger partial charge in [0, 0.05) is 16.6 Å². The number of ether oxygens (including phenoxy) is 1. The Morgan fingerprint density at radius 3 is 2.44 bits per heavy atom. The Morgan fingerprint density at radius 1 is 1.11 bits per heavy atom. The van der Waals surface area contributed by atoms with Crippen LogP contribution in [0.15, 0.2) is 59.0 Å². The molecule has 3 rings (SSSR count). The number of hydrogen-bond acceptors (Lipinski definition) is 7. The first-order valence-corrected chi connectivity index (χ1v) is 10.7. The zero-order chi connectivity index (χ0) is 19.3. The lowest BCUT2D eigenvalue weighted by Gasteiger charge is -2.04. The molecule has 9 heteroatoms. The first kappa shape index (κ1) is 18.9. The first-order chi connectivity index (χ1) is 12.9. The van der Waals surface area contributed by atoms with Crippen molar-refractivity contribution in [3.63, 3.8) is 0 Å². The molecule has 0 aliphatic rings. The fourth-order valence-electron chi connectivity index (χ4n) is 2.23. The molecule has 0 spiro atoms. The number of thiazole rings is 1. The quantitative estimate of drug-likeness (QED) is 0.465. The summed E-state index contributed by atoms with van der Waals surface area (Å²) in [6.07, 6.45) is 2.82. The van der Waals surface area contributed by atoms with Gasteiger partial charge in [0.2, 0.25) is 15.2 Å². The van der Waals surface area contributed by atoms with E-state index in [0.29, 0.717) is 10.8 Å². The third kappa shape index (κ3) is 5.53. The molecule has 0 amide bonds. The van der Waals surface area contributed by atoms with Gasteiger partial charge in [0.15, 0.2) is 0 Å². The van der Waals surface area contributed by atoms with Crippen molar-refractivity contribution in [2.45, 2.75) is 0 Å². The fourth-order valence-corrected chi connectivity index (χ4v) is 3.47. The summed E-state index contributed by atoms with van der Waals surface area (Å²) >= 11 is 1.43. The first-order valence-electron chi connectivity index (χ1n) is 7.90. The summed E-state index contributed by atoms with van der Waals surface area (Å²) in [6.45, 7) is 0. The lowest BCUT2D eigenvalue weighted by Crippen LogP contribution is -2.09. The highest BCUT2D eigenvalue weighted by Crippen LogP contribution is 2.26. The normalized spacial score (nSPS) is 11.5. The number of aromatic nitrogens is 1. The van der Waals surface area contributed by atoms with Gasteiger partial charge < -0.3 is 4.74 Å². The largest absolute Gasteiger partial charge is 0.497 e. The summed E-state index contributed by atoms with van der Waals surface area (Å²) in [5.74, 6) is 0.794. The molecule has 3 aromatic rings. The molecule has 0 saturated heterocycles. The van der Waals surface area contributed by atoms with E-state index in [1.807, 2.05) is 41.8 Å². The highest BCUT2D eigenvalue weighted by molar-refractivity contribution is 7.92. The molecule has 0 unspecified atom stereocenters. The molecule has 7 nitrogen and oxygen atoms in total. The van der Waals surface area contributed by atoms with Crippen LogP contribution in [0.25, 0.3) is 11.3 Å². The second-order valence-corrected chi connectivity index (χ2v) is 8.24. The molecule has 2 N–H and O–H groups in total. The number of hydrogen-bond donors (Lipinski definition) is 2. The maximum atomic E-state index is 11.2. The van der Waals surface area contributed by atoms with Crippen LogP contribution in [-0.4, -0.2) is 33.0 Å². The Bertz CT molecular complexity index is 1030. The van der Waals surface area contributed by atoms with Crippen LogP contribution in [-0.2, 0) is 10.0 Å². The summed E-state index contributed by atoms with van der Waals surface area (Å²) in [6, 6.07) is 14.6. The standard InChI is InChI=1S/C18H18N4O3S2/c1-25-16-9-3-13(4-10-16)11-19-21-18-20-17(12-26-18)14-5-7-15(8-6-14)22-27(2,23)24/h3-12,22H,1-2H3,(H,20,21)/b19-11-. The van der Waals surface area contributed by atoms with Gasteiger partial charge in [0.1, 0.15) is 5.75 Å². The van der Waals surface area contributed by atoms with Gasteiger partial charge in [-0.05, 0) is 42.0 Å². The Labute approximate surface area is 161 Å². The summed E-state index contributed by atoms with van der Waals surface area (Å²) in [7, 11) is -1.66. The van der Waals surface area contributed by atoms with E-state index in [4.69, 9.17) is 4.74 Å². The van der Waals surface area contributed by atoms with E-state index in [2.05, 4.69) is 20.2 Å². The smallest absolute Gasteiger partial charge is 0.229 e. The third-order valence-electron chi connectivity index (χ3n) is 3.48. The van der Waals surface area contributed by atoms with Crippen LogP contribution in [0.1, 0.15) is 5.56 Å². The lowest BCUT2D eigenvalue weighted by atomic mass is 10.1. The monoisotopic (exact) mass is 402 g/mol. The molecule has 1 aromatic heterocycles. The Morgan fingerprint density at radius 2 is 1.81 bits per heavy atom. The number of sulfonamides is 1. The van der Waals surface area contributed by atoms with Crippen LogP contribution < -0.4 is 14.9 Å². The number of nitrogens with one attached hydrogen (secondary N) is 2. The van der Waals surface area contributed by atoms with Crippen molar-refractivity contribution in [2.75, 3.05) is 23.5 Å². The SMILES string of the molecule is COc1ccc(/C=N\Nc2nc(-c3ccc(NS(C)(=O)=O)cc3)cs2)cc1. The van der Waals surface area contributed by atoms with Crippen LogP contribution in [0.2, 0.25) is 0 Å². The van der Waals surface area contributed by atoms with Crippen LogP contribution in [0, 0.1) is 0 Å². The van der Waals surface area contributed by atoms with Gasteiger partial charge in [0.05, 0.1) is 25.3 Å². The maximum Gasteiger partial charge on any atom is 0.229 e. The molecule has 0 radical (unpaired) electrons. The third-order valence-corrected chi connectivity index (χ3v) is 4.83. The summed E-state index contributed by atoms with van der Waals surface area (Å²) in [5, 5.41) is 6.75. The van der Waals surface area contributed by atoms with Gasteiger partial charge in [0.25, 0.3) is 0 Å². The van der Waals surface area contributed by atoms with Crippen LogP contribution in [0.3, 0.4) is 0 Å². The number of anilines is 2. The molecule has 1 heterocycles. The summed E-state index contributed by atoms with van der Waals surface area (Å²) < 4.78 is 30.0. The van der Waals surface area contributed by atoms with Crippen molar-refractivity contribution in [1.29, 1.82) is 0 Å². The van der Waals surface area contributed by atoms with E-state index >= 15 is 0 Å². The molecule has 27 heavy (non-hydrogen) atoms. The zero-order valence-corrected chi connectivity index (χ0v) is 16.3. The number of methoxy groups -OCH3 is 1. The van der Waals surface area contributed by atoms with Gasteiger partial charge >= 0.3 is 0 Å². The minimum Gasteiger partial charge on any atom is -0.497 e. The molecular formula is C18H18N4O3S2. The molecule has 0 fully saturated rings. The average molecular weight is 403 g/mol. The predicted molar refractivity (Wildman–Crippen MR) is 110 cm³/mol. The van der Waals surface area contributed by atoms with Crippen LogP contribution in [0.4, 0.5) is 10.8 Å². The van der Waals surface area contributed by atoms with Crippen LogP contribution >= 0.6 is 11.3 Å². The average Bonchev–Trinajstić information content (AvgIpc) is 3.10. The zero-order valence-electron chi connectivity index (χ0n) is 14.7. The van der Waals surface area contributed by atoms with E-state index in [1.165, 1.54) is 11.3 Å². The van der Waals surface area contributed by atoms with E-state index in [1.54, 1.807) is 25.5 Å². The molecule has 0 atom stereocenters. The van der Waals surface area contributed by atoms with Gasteiger partial charge in [-0.25, -0.2) is 13.4 Å². The highest BCUT2D eigenvalue weighted by atomic mass is 32.2. The Balaban J connectivity index is 1.63. The van der Waals surface area contributed by atoms with Crippen molar-refractivity contribution in [1.82, 2.24) is 4.98 Å². The second-order valence-electron chi connectivity index (χ2n) is 5.63. The lowest BCUT2D eigenvalue weighted by molar-refractivity contribution is 0.415. The van der Waals surface area contributed by atoms with E-state index in [-0.39, 0.29) is 0 Å². The molecule has 0 bridgehead atoms. The number of benzene rings is 2. The van der Waals surface area contributed by atoms with Gasteiger partial charge in [-0.1, -0.05) is 12.1 Å². The van der Waals surface area contributed by atoms with Crippen molar-refractivity contribution in [3.8, 4) is 17.0 Å². The van der Waals surface area contributed by atoms with Crippen molar-refractivity contribution >= 4 is 38.4 Å². The molecule has 140 valence electrons. The predicted octanol–water partition coefficient (Wildman–Crippen LogP) is 3.64. The maximum absolute atomic E-state index is 11.2. The van der Waals surface area contributed by atoms with Gasteiger partial charge in [-0.2, -0.15) is 5.10 Å². The topological polar surface area (TPSA) is 92.7 Å². The summed E-state index contributed by atoms with van der Waals surface area (Å²) in [4.78, 5) is 4.48. The molecular weight excluding hydrogens is 384 g/mol. The van der Waals surface area contributed by atoms with Crippen molar-refractivity contribution in [3.05, 3.63) is 59.5 Å². The van der Waals surface area contributed by atoms with E-state index in [0.717, 1.165) is 28.8 Å². The van der Waals surface area contributed by atoms with Crippen molar-refractivity contribution in [2.24, 2.45) is 5.10 Å². The number of nitrogens with zero attached hydrogens (tertiary/aromatic N) is 2. The van der Waals surface area contributed by atoms with E-state index in [9.17, 15) is 8.42 Å². The van der Waals surface area contributed by atoms with Crippen LogP contribution in [0.5, 0.6) is 5.75 Å². The van der Waals surface area contributed by atoms with E-state index < -0.39 is 10.0 Å². The fraction of sp³-hybridized carbons (Fsp3) is 0.111. The Hall–Kier alpha value is -2.91. The molecule has 0 saturated carbocycles.